The molecule has 0 amide bonds. The zero-order valence-electron chi connectivity index (χ0n) is 12.9. The van der Waals surface area contributed by atoms with Gasteiger partial charge in [-0.1, -0.05) is 20.8 Å². The first-order chi connectivity index (χ1) is 9.06. The van der Waals surface area contributed by atoms with Crippen LogP contribution in [0.25, 0.3) is 0 Å². The minimum absolute atomic E-state index is 0.260. The van der Waals surface area contributed by atoms with Crippen molar-refractivity contribution in [3.8, 4) is 0 Å². The summed E-state index contributed by atoms with van der Waals surface area (Å²) in [7, 11) is 0. The van der Waals surface area contributed by atoms with E-state index in [0.29, 0.717) is 17.9 Å². The number of aliphatic imine (C=N–C) groups is 1. The molecule has 3 N–H and O–H groups in total. The maximum atomic E-state index is 9.13. The van der Waals surface area contributed by atoms with Crippen LogP contribution in [0.3, 0.4) is 0 Å². The summed E-state index contributed by atoms with van der Waals surface area (Å²) in [6.07, 6.45) is 3.22. The zero-order valence-corrected chi connectivity index (χ0v) is 12.9. The highest BCUT2D eigenvalue weighted by Gasteiger charge is 2.33. The maximum absolute atomic E-state index is 9.13. The Hall–Kier alpha value is -0.770. The summed E-state index contributed by atoms with van der Waals surface area (Å²) in [5, 5.41) is 15.9. The van der Waals surface area contributed by atoms with Crippen molar-refractivity contribution in [1.29, 1.82) is 0 Å². The number of aliphatic hydroxyl groups excluding tert-OH is 1. The zero-order chi connectivity index (χ0) is 14.3. The van der Waals surface area contributed by atoms with Crippen LogP contribution in [0.5, 0.6) is 0 Å². The van der Waals surface area contributed by atoms with Crippen LogP contribution in [0.2, 0.25) is 0 Å². The quantitative estimate of drug-likeness (QED) is 0.466. The number of rotatable bonds is 8. The van der Waals surface area contributed by atoms with Gasteiger partial charge in [-0.3, -0.25) is 4.99 Å². The van der Waals surface area contributed by atoms with E-state index in [2.05, 4.69) is 43.3 Å². The van der Waals surface area contributed by atoms with Gasteiger partial charge in [-0.25, -0.2) is 0 Å². The molecule has 4 heteroatoms. The molecule has 3 unspecified atom stereocenters. The number of nitrogens with one attached hydrogen (secondary N) is 2. The average molecular weight is 269 g/mol. The molecule has 4 nitrogen and oxygen atoms in total. The predicted octanol–water partition coefficient (Wildman–Crippen LogP) is 1.99. The first kappa shape index (κ1) is 16.3. The Morgan fingerprint density at radius 1 is 1.42 bits per heavy atom. The van der Waals surface area contributed by atoms with Crippen LogP contribution in [0.4, 0.5) is 0 Å². The fraction of sp³-hybridized carbons (Fsp3) is 0.933. The van der Waals surface area contributed by atoms with E-state index in [-0.39, 0.29) is 6.61 Å². The lowest BCUT2D eigenvalue weighted by Crippen LogP contribution is -2.39. The van der Waals surface area contributed by atoms with Crippen LogP contribution in [0.1, 0.15) is 47.0 Å². The van der Waals surface area contributed by atoms with Gasteiger partial charge in [0.1, 0.15) is 0 Å². The van der Waals surface area contributed by atoms with Crippen molar-refractivity contribution in [2.75, 3.05) is 19.7 Å². The highest BCUT2D eigenvalue weighted by molar-refractivity contribution is 5.80. The van der Waals surface area contributed by atoms with Gasteiger partial charge in [0.05, 0.1) is 0 Å². The van der Waals surface area contributed by atoms with E-state index in [1.165, 1.54) is 6.42 Å². The number of nitrogens with zero attached hydrogens (tertiary/aromatic N) is 1. The van der Waals surface area contributed by atoms with Crippen LogP contribution in [-0.4, -0.2) is 36.8 Å². The summed E-state index contributed by atoms with van der Waals surface area (Å²) in [6.45, 7) is 10.8. The van der Waals surface area contributed by atoms with E-state index in [9.17, 15) is 0 Å². The van der Waals surface area contributed by atoms with Gasteiger partial charge in [0, 0.05) is 25.7 Å². The molecule has 0 bridgehead atoms. The smallest absolute Gasteiger partial charge is 0.191 e. The SMILES string of the molecule is CCNC(=NCC(CCO)CC(C)C)NC1CC1C. The Morgan fingerprint density at radius 2 is 2.11 bits per heavy atom. The van der Waals surface area contributed by atoms with E-state index < -0.39 is 0 Å². The lowest BCUT2D eigenvalue weighted by atomic mass is 9.94. The standard InChI is InChI=1S/C15H31N3O/c1-5-16-15(18-14-9-12(14)4)17-10-13(6-7-19)8-11(2)3/h11-14,19H,5-10H2,1-4H3,(H2,16,17,18). The molecule has 0 saturated heterocycles. The number of hydrogen-bond acceptors (Lipinski definition) is 2. The highest BCUT2D eigenvalue weighted by Crippen LogP contribution is 2.28. The van der Waals surface area contributed by atoms with E-state index >= 15 is 0 Å². The van der Waals surface area contributed by atoms with Crippen LogP contribution in [-0.2, 0) is 0 Å². The van der Waals surface area contributed by atoms with Gasteiger partial charge >= 0.3 is 0 Å². The molecular formula is C15H31N3O. The Labute approximate surface area is 118 Å². The van der Waals surface area contributed by atoms with Crippen molar-refractivity contribution in [2.45, 2.75) is 53.0 Å². The second-order valence-corrected chi connectivity index (χ2v) is 6.19. The Kier molecular flexibility index (Phi) is 7.21. The molecule has 1 aliphatic carbocycles. The third kappa shape index (κ3) is 6.81. The molecule has 0 aliphatic heterocycles. The third-order valence-electron chi connectivity index (χ3n) is 3.63. The fourth-order valence-electron chi connectivity index (χ4n) is 2.37. The molecule has 0 heterocycles. The molecule has 19 heavy (non-hydrogen) atoms. The van der Waals surface area contributed by atoms with E-state index in [1.807, 2.05) is 0 Å². The van der Waals surface area contributed by atoms with Crippen molar-refractivity contribution in [1.82, 2.24) is 10.6 Å². The van der Waals surface area contributed by atoms with Crippen molar-refractivity contribution in [3.05, 3.63) is 0 Å². The lowest BCUT2D eigenvalue weighted by Gasteiger charge is -2.17. The van der Waals surface area contributed by atoms with Crippen LogP contribution in [0.15, 0.2) is 4.99 Å². The van der Waals surface area contributed by atoms with Crippen LogP contribution in [0, 0.1) is 17.8 Å². The largest absolute Gasteiger partial charge is 0.396 e. The minimum atomic E-state index is 0.260. The van der Waals surface area contributed by atoms with Crippen LogP contribution >= 0.6 is 0 Å². The molecule has 0 aromatic rings. The van der Waals surface area contributed by atoms with Gasteiger partial charge in [-0.2, -0.15) is 0 Å². The molecule has 0 aromatic carbocycles. The summed E-state index contributed by atoms with van der Waals surface area (Å²) in [5.74, 6) is 2.85. The normalized spacial score (nSPS) is 24.4. The summed E-state index contributed by atoms with van der Waals surface area (Å²) < 4.78 is 0. The highest BCUT2D eigenvalue weighted by atomic mass is 16.3. The van der Waals surface area contributed by atoms with E-state index in [4.69, 9.17) is 5.11 Å². The molecule has 112 valence electrons. The Balaban J connectivity index is 2.45. The Bertz CT molecular complexity index is 279. The first-order valence-electron chi connectivity index (χ1n) is 7.72. The van der Waals surface area contributed by atoms with Crippen molar-refractivity contribution in [3.63, 3.8) is 0 Å². The second-order valence-electron chi connectivity index (χ2n) is 6.19. The molecule has 1 rings (SSSR count). The van der Waals surface area contributed by atoms with Crippen molar-refractivity contribution >= 4 is 5.96 Å². The lowest BCUT2D eigenvalue weighted by molar-refractivity contribution is 0.245. The van der Waals surface area contributed by atoms with Crippen LogP contribution < -0.4 is 10.6 Å². The summed E-state index contributed by atoms with van der Waals surface area (Å²) in [4.78, 5) is 4.68. The fourth-order valence-corrected chi connectivity index (χ4v) is 2.37. The van der Waals surface area contributed by atoms with E-state index in [0.717, 1.165) is 37.8 Å². The number of aliphatic hydroxyl groups is 1. The van der Waals surface area contributed by atoms with Gasteiger partial charge in [0.25, 0.3) is 0 Å². The molecule has 1 saturated carbocycles. The van der Waals surface area contributed by atoms with Crippen molar-refractivity contribution < 1.29 is 5.11 Å². The topological polar surface area (TPSA) is 56.7 Å². The van der Waals surface area contributed by atoms with Gasteiger partial charge in [-0.15, -0.1) is 0 Å². The maximum Gasteiger partial charge on any atom is 0.191 e. The second kappa shape index (κ2) is 8.41. The molecule has 0 radical (unpaired) electrons. The van der Waals surface area contributed by atoms with Crippen molar-refractivity contribution in [2.24, 2.45) is 22.7 Å². The minimum Gasteiger partial charge on any atom is -0.396 e. The summed E-state index contributed by atoms with van der Waals surface area (Å²) in [6, 6.07) is 0.596. The molecule has 1 aliphatic rings. The number of hydrogen-bond donors (Lipinski definition) is 3. The predicted molar refractivity (Wildman–Crippen MR) is 81.3 cm³/mol. The van der Waals surface area contributed by atoms with E-state index in [1.54, 1.807) is 0 Å². The first-order valence-corrected chi connectivity index (χ1v) is 7.72. The molecule has 1 fully saturated rings. The average Bonchev–Trinajstić information content (AvgIpc) is 3.01. The molecule has 0 aromatic heterocycles. The summed E-state index contributed by atoms with van der Waals surface area (Å²) in [5.41, 5.74) is 0. The van der Waals surface area contributed by atoms with Gasteiger partial charge in [0.2, 0.25) is 0 Å². The monoisotopic (exact) mass is 269 g/mol. The molecular weight excluding hydrogens is 238 g/mol. The third-order valence-corrected chi connectivity index (χ3v) is 3.63. The molecule has 0 spiro atoms. The molecule has 3 atom stereocenters. The van der Waals surface area contributed by atoms with Gasteiger partial charge in [0.15, 0.2) is 5.96 Å². The number of guanidine groups is 1. The summed E-state index contributed by atoms with van der Waals surface area (Å²) >= 11 is 0. The van der Waals surface area contributed by atoms with Gasteiger partial charge in [-0.05, 0) is 43.9 Å². The Morgan fingerprint density at radius 3 is 2.58 bits per heavy atom. The van der Waals surface area contributed by atoms with Gasteiger partial charge < -0.3 is 15.7 Å².